The molecule has 1 aromatic heterocycles. The number of para-hydroxylation sites is 2. The van der Waals surface area contributed by atoms with Crippen molar-refractivity contribution in [2.24, 2.45) is 0 Å². The van der Waals surface area contributed by atoms with Gasteiger partial charge in [0.1, 0.15) is 5.82 Å². The highest BCUT2D eigenvalue weighted by Crippen LogP contribution is 2.24. The molecular weight excluding hydrogens is 236 g/mol. The summed E-state index contributed by atoms with van der Waals surface area (Å²) < 4.78 is 0. The van der Waals surface area contributed by atoms with Gasteiger partial charge >= 0.3 is 0 Å². The quantitative estimate of drug-likeness (QED) is 0.833. The Morgan fingerprint density at radius 2 is 1.53 bits per heavy atom. The zero-order valence-corrected chi connectivity index (χ0v) is 10.9. The van der Waals surface area contributed by atoms with Gasteiger partial charge in [0.15, 0.2) is 0 Å². The van der Waals surface area contributed by atoms with Gasteiger partial charge in [0.25, 0.3) is 0 Å². The molecule has 0 aliphatic carbocycles. The van der Waals surface area contributed by atoms with Gasteiger partial charge in [-0.25, -0.2) is 4.98 Å². The fourth-order valence-electron chi connectivity index (χ4n) is 2.49. The highest BCUT2D eigenvalue weighted by molar-refractivity contribution is 5.67. The highest BCUT2D eigenvalue weighted by Gasteiger charge is 2.18. The normalized spacial score (nSPS) is 15.6. The number of hydrogen-bond donors (Lipinski definition) is 1. The Labute approximate surface area is 113 Å². The van der Waals surface area contributed by atoms with Gasteiger partial charge < -0.3 is 15.5 Å². The van der Waals surface area contributed by atoms with E-state index in [2.05, 4.69) is 26.9 Å². The zero-order valence-electron chi connectivity index (χ0n) is 10.9. The average Bonchev–Trinajstić information content (AvgIpc) is 2.49. The van der Waals surface area contributed by atoms with Crippen molar-refractivity contribution < 1.29 is 0 Å². The van der Waals surface area contributed by atoms with Gasteiger partial charge in [-0.3, -0.25) is 0 Å². The molecule has 0 saturated carbocycles. The summed E-state index contributed by atoms with van der Waals surface area (Å²) >= 11 is 0. The van der Waals surface area contributed by atoms with E-state index in [1.807, 2.05) is 36.5 Å². The maximum atomic E-state index is 6.03. The second-order valence-corrected chi connectivity index (χ2v) is 4.72. The molecule has 1 aliphatic heterocycles. The second kappa shape index (κ2) is 5.18. The van der Waals surface area contributed by atoms with Gasteiger partial charge in [0.2, 0.25) is 0 Å². The number of anilines is 3. The standard InChI is InChI=1S/C15H18N4/c16-13-5-1-2-6-14(13)18-9-11-19(12-10-18)15-7-3-4-8-17-15/h1-8H,9-12,16H2. The summed E-state index contributed by atoms with van der Waals surface area (Å²) in [5.74, 6) is 1.06. The molecule has 0 atom stereocenters. The van der Waals surface area contributed by atoms with Gasteiger partial charge in [-0.15, -0.1) is 0 Å². The molecule has 0 spiro atoms. The van der Waals surface area contributed by atoms with E-state index >= 15 is 0 Å². The van der Waals surface area contributed by atoms with Crippen molar-refractivity contribution >= 4 is 17.2 Å². The second-order valence-electron chi connectivity index (χ2n) is 4.72. The van der Waals surface area contributed by atoms with Crippen LogP contribution in [0.5, 0.6) is 0 Å². The van der Waals surface area contributed by atoms with Crippen LogP contribution in [0.2, 0.25) is 0 Å². The molecule has 2 aromatic rings. The molecule has 0 radical (unpaired) electrons. The molecule has 98 valence electrons. The van der Waals surface area contributed by atoms with Crippen molar-refractivity contribution in [2.75, 3.05) is 41.7 Å². The van der Waals surface area contributed by atoms with Crippen molar-refractivity contribution in [3.8, 4) is 0 Å². The molecule has 3 rings (SSSR count). The number of hydrogen-bond acceptors (Lipinski definition) is 4. The number of benzene rings is 1. The van der Waals surface area contributed by atoms with E-state index < -0.39 is 0 Å². The van der Waals surface area contributed by atoms with Crippen molar-refractivity contribution in [1.82, 2.24) is 4.98 Å². The van der Waals surface area contributed by atoms with Crippen molar-refractivity contribution in [3.63, 3.8) is 0 Å². The van der Waals surface area contributed by atoms with Crippen molar-refractivity contribution in [3.05, 3.63) is 48.7 Å². The van der Waals surface area contributed by atoms with E-state index in [0.29, 0.717) is 0 Å². The smallest absolute Gasteiger partial charge is 0.128 e. The van der Waals surface area contributed by atoms with Gasteiger partial charge in [0.05, 0.1) is 11.4 Å². The van der Waals surface area contributed by atoms with E-state index in [1.54, 1.807) is 0 Å². The lowest BCUT2D eigenvalue weighted by Crippen LogP contribution is -2.47. The number of aromatic nitrogens is 1. The molecule has 2 N–H and O–H groups in total. The Morgan fingerprint density at radius 3 is 2.21 bits per heavy atom. The molecule has 4 nitrogen and oxygen atoms in total. The number of nitrogen functional groups attached to an aromatic ring is 1. The van der Waals surface area contributed by atoms with Crippen LogP contribution in [-0.2, 0) is 0 Å². The minimum absolute atomic E-state index is 0.855. The molecular formula is C15H18N4. The number of nitrogens with two attached hydrogens (primary N) is 1. The predicted octanol–water partition coefficient (Wildman–Crippen LogP) is 1.99. The van der Waals surface area contributed by atoms with Crippen LogP contribution in [-0.4, -0.2) is 31.2 Å². The Bertz CT molecular complexity index is 533. The molecule has 1 fully saturated rings. The first-order chi connectivity index (χ1) is 9.34. The minimum atomic E-state index is 0.855. The van der Waals surface area contributed by atoms with Gasteiger partial charge in [-0.05, 0) is 24.3 Å². The van der Waals surface area contributed by atoms with Crippen LogP contribution < -0.4 is 15.5 Å². The monoisotopic (exact) mass is 254 g/mol. The Morgan fingerprint density at radius 1 is 0.842 bits per heavy atom. The van der Waals surface area contributed by atoms with Gasteiger partial charge in [-0.1, -0.05) is 18.2 Å². The third-order valence-corrected chi connectivity index (χ3v) is 3.53. The lowest BCUT2D eigenvalue weighted by molar-refractivity contribution is 0.648. The van der Waals surface area contributed by atoms with Crippen LogP contribution in [0.4, 0.5) is 17.2 Å². The van der Waals surface area contributed by atoms with E-state index in [4.69, 9.17) is 5.73 Å². The van der Waals surface area contributed by atoms with Crippen molar-refractivity contribution in [2.45, 2.75) is 0 Å². The Balaban J connectivity index is 1.69. The lowest BCUT2D eigenvalue weighted by Gasteiger charge is -2.37. The van der Waals surface area contributed by atoms with Crippen molar-refractivity contribution in [1.29, 1.82) is 0 Å². The molecule has 1 saturated heterocycles. The Kier molecular flexibility index (Phi) is 3.23. The summed E-state index contributed by atoms with van der Waals surface area (Å²) in [6.45, 7) is 3.91. The first kappa shape index (κ1) is 11.8. The molecule has 0 unspecified atom stereocenters. The van der Waals surface area contributed by atoms with Crippen LogP contribution in [0.15, 0.2) is 48.7 Å². The third-order valence-electron chi connectivity index (χ3n) is 3.53. The molecule has 4 heteroatoms. The SMILES string of the molecule is Nc1ccccc1N1CCN(c2ccccn2)CC1. The molecule has 0 bridgehead atoms. The lowest BCUT2D eigenvalue weighted by atomic mass is 10.2. The summed E-state index contributed by atoms with van der Waals surface area (Å²) in [4.78, 5) is 9.06. The first-order valence-corrected chi connectivity index (χ1v) is 6.60. The van der Waals surface area contributed by atoms with E-state index in [0.717, 1.165) is 43.4 Å². The minimum Gasteiger partial charge on any atom is -0.397 e. The molecule has 19 heavy (non-hydrogen) atoms. The van der Waals surface area contributed by atoms with Crippen LogP contribution in [0.3, 0.4) is 0 Å². The molecule has 1 aliphatic rings. The summed E-state index contributed by atoms with van der Waals surface area (Å²) in [6.07, 6.45) is 1.84. The number of nitrogens with zero attached hydrogens (tertiary/aromatic N) is 3. The summed E-state index contributed by atoms with van der Waals surface area (Å²) in [7, 11) is 0. The fourth-order valence-corrected chi connectivity index (χ4v) is 2.49. The van der Waals surface area contributed by atoms with Gasteiger partial charge in [0, 0.05) is 32.4 Å². The maximum Gasteiger partial charge on any atom is 0.128 e. The van der Waals surface area contributed by atoms with E-state index in [-0.39, 0.29) is 0 Å². The van der Waals surface area contributed by atoms with E-state index in [1.165, 1.54) is 0 Å². The highest BCUT2D eigenvalue weighted by atomic mass is 15.3. The van der Waals surface area contributed by atoms with E-state index in [9.17, 15) is 0 Å². The first-order valence-electron chi connectivity index (χ1n) is 6.60. The topological polar surface area (TPSA) is 45.4 Å². The van der Waals surface area contributed by atoms with Crippen LogP contribution in [0.1, 0.15) is 0 Å². The molecule has 1 aromatic carbocycles. The maximum absolute atomic E-state index is 6.03. The van der Waals surface area contributed by atoms with Crippen LogP contribution >= 0.6 is 0 Å². The van der Waals surface area contributed by atoms with Crippen LogP contribution in [0.25, 0.3) is 0 Å². The van der Waals surface area contributed by atoms with Crippen LogP contribution in [0, 0.1) is 0 Å². The zero-order chi connectivity index (χ0) is 13.1. The summed E-state index contributed by atoms with van der Waals surface area (Å²) in [5.41, 5.74) is 8.03. The Hall–Kier alpha value is -2.23. The number of rotatable bonds is 2. The van der Waals surface area contributed by atoms with Gasteiger partial charge in [-0.2, -0.15) is 0 Å². The fraction of sp³-hybridized carbons (Fsp3) is 0.267. The summed E-state index contributed by atoms with van der Waals surface area (Å²) in [6, 6.07) is 14.1. The molecule has 0 amide bonds. The number of piperazine rings is 1. The molecule has 2 heterocycles. The largest absolute Gasteiger partial charge is 0.397 e. The average molecular weight is 254 g/mol. The predicted molar refractivity (Wildman–Crippen MR) is 79.5 cm³/mol. The number of pyridine rings is 1. The third kappa shape index (κ3) is 2.47. The summed E-state index contributed by atoms with van der Waals surface area (Å²) in [5, 5.41) is 0.